The summed E-state index contributed by atoms with van der Waals surface area (Å²) in [6, 6.07) is 9.26. The van der Waals surface area contributed by atoms with E-state index in [1.165, 1.54) is 4.68 Å². The number of nitro groups is 1. The summed E-state index contributed by atoms with van der Waals surface area (Å²) in [7, 11) is 0. The molecule has 2 aromatic heterocycles. The summed E-state index contributed by atoms with van der Waals surface area (Å²) in [5.41, 5.74) is 1.24. The molecule has 10 heteroatoms. The number of aromatic nitrogens is 2. The zero-order valence-corrected chi connectivity index (χ0v) is 17.3. The van der Waals surface area contributed by atoms with Gasteiger partial charge in [0, 0.05) is 16.6 Å². The van der Waals surface area contributed by atoms with Crippen molar-refractivity contribution in [1.29, 1.82) is 0 Å². The number of fused-ring (bicyclic) bond motifs is 1. The molecule has 1 aromatic carbocycles. The third-order valence-electron chi connectivity index (χ3n) is 4.84. The molecule has 1 aliphatic rings. The third kappa shape index (κ3) is 3.86. The molecule has 0 saturated carbocycles. The van der Waals surface area contributed by atoms with E-state index in [-0.39, 0.29) is 23.8 Å². The van der Waals surface area contributed by atoms with Crippen LogP contribution in [-0.4, -0.2) is 33.8 Å². The Kier molecular flexibility index (Phi) is 5.40. The minimum absolute atomic E-state index is 0.0630. The van der Waals surface area contributed by atoms with Crippen molar-refractivity contribution in [3.05, 3.63) is 62.1 Å². The lowest BCUT2D eigenvalue weighted by molar-refractivity contribution is -0.386. The molecule has 1 aliphatic heterocycles. The van der Waals surface area contributed by atoms with Gasteiger partial charge in [-0.1, -0.05) is 6.07 Å². The maximum absolute atomic E-state index is 13.3. The van der Waals surface area contributed by atoms with Gasteiger partial charge in [0.2, 0.25) is 5.91 Å². The van der Waals surface area contributed by atoms with Crippen LogP contribution in [-0.2, 0) is 17.9 Å². The first-order chi connectivity index (χ1) is 14.4. The molecule has 0 aliphatic carbocycles. The monoisotopic (exact) mass is 428 g/mol. The molecule has 3 aromatic rings. The van der Waals surface area contributed by atoms with E-state index in [0.717, 1.165) is 4.88 Å². The number of aryl methyl sites for hydroxylation is 1. The summed E-state index contributed by atoms with van der Waals surface area (Å²) in [5, 5.41) is 17.4. The Bertz CT molecular complexity index is 1090. The van der Waals surface area contributed by atoms with Crippen LogP contribution in [0.4, 0.5) is 11.4 Å². The predicted octanol–water partition coefficient (Wildman–Crippen LogP) is 3.47. The summed E-state index contributed by atoms with van der Waals surface area (Å²) in [6.07, 6.45) is 0. The Hall–Kier alpha value is -3.40. The maximum Gasteiger partial charge on any atom is 0.312 e. The summed E-state index contributed by atoms with van der Waals surface area (Å²) in [5.74, 6) is 0.993. The maximum atomic E-state index is 13.3. The van der Waals surface area contributed by atoms with Gasteiger partial charge >= 0.3 is 5.69 Å². The van der Waals surface area contributed by atoms with Crippen molar-refractivity contribution in [1.82, 2.24) is 9.78 Å². The van der Waals surface area contributed by atoms with Gasteiger partial charge in [-0.15, -0.1) is 11.3 Å². The van der Waals surface area contributed by atoms with Crippen molar-refractivity contribution < 1.29 is 19.2 Å². The second-order valence-electron chi connectivity index (χ2n) is 6.82. The first-order valence-electron chi connectivity index (χ1n) is 9.35. The molecule has 0 atom stereocenters. The second-order valence-corrected chi connectivity index (χ2v) is 7.85. The van der Waals surface area contributed by atoms with E-state index in [1.54, 1.807) is 42.2 Å². The number of rotatable bonds is 6. The molecule has 0 fully saturated rings. The van der Waals surface area contributed by atoms with E-state index in [9.17, 15) is 14.9 Å². The van der Waals surface area contributed by atoms with Crippen LogP contribution >= 0.6 is 11.3 Å². The van der Waals surface area contributed by atoms with Gasteiger partial charge in [-0.3, -0.25) is 19.6 Å². The predicted molar refractivity (Wildman–Crippen MR) is 111 cm³/mol. The number of hydrogen-bond acceptors (Lipinski definition) is 7. The van der Waals surface area contributed by atoms with Gasteiger partial charge in [0.25, 0.3) is 0 Å². The van der Waals surface area contributed by atoms with Crippen LogP contribution in [0.1, 0.15) is 16.3 Å². The van der Waals surface area contributed by atoms with Gasteiger partial charge in [0.05, 0.1) is 11.5 Å². The van der Waals surface area contributed by atoms with E-state index < -0.39 is 4.92 Å². The summed E-state index contributed by atoms with van der Waals surface area (Å²) in [6.45, 7) is 4.36. The van der Waals surface area contributed by atoms with Crippen molar-refractivity contribution in [2.24, 2.45) is 0 Å². The van der Waals surface area contributed by atoms with E-state index in [4.69, 9.17) is 9.47 Å². The Morgan fingerprint density at radius 3 is 2.70 bits per heavy atom. The van der Waals surface area contributed by atoms with Gasteiger partial charge in [0.1, 0.15) is 31.1 Å². The lowest BCUT2D eigenvalue weighted by Gasteiger charge is -2.25. The van der Waals surface area contributed by atoms with Gasteiger partial charge in [0.15, 0.2) is 11.5 Å². The fraction of sp³-hybridized carbons (Fsp3) is 0.300. The first kappa shape index (κ1) is 19.9. The van der Waals surface area contributed by atoms with Crippen LogP contribution in [0.3, 0.4) is 0 Å². The molecular weight excluding hydrogens is 408 g/mol. The zero-order valence-electron chi connectivity index (χ0n) is 16.5. The number of ether oxygens (including phenoxy) is 2. The van der Waals surface area contributed by atoms with E-state index >= 15 is 0 Å². The highest BCUT2D eigenvalue weighted by Gasteiger charge is 2.26. The van der Waals surface area contributed by atoms with Gasteiger partial charge in [-0.2, -0.15) is 5.10 Å². The van der Waals surface area contributed by atoms with Crippen molar-refractivity contribution in [2.75, 3.05) is 18.1 Å². The molecule has 3 heterocycles. The summed E-state index contributed by atoms with van der Waals surface area (Å²) < 4.78 is 12.6. The molecule has 0 bridgehead atoms. The van der Waals surface area contributed by atoms with Crippen LogP contribution in [0.15, 0.2) is 35.7 Å². The van der Waals surface area contributed by atoms with Crippen molar-refractivity contribution >= 4 is 28.6 Å². The standard InChI is InChI=1S/C20H20N4O5S/c1-13-20(24(26)27)14(2)23(21-13)12-19(25)22(11-16-4-3-9-30-16)15-5-6-17-18(10-15)29-8-7-28-17/h3-6,9-10H,7-8,11-12H2,1-2H3. The number of hydrogen-bond donors (Lipinski definition) is 0. The molecule has 0 saturated heterocycles. The van der Waals surface area contributed by atoms with Crippen LogP contribution in [0, 0.1) is 24.0 Å². The lowest BCUT2D eigenvalue weighted by atomic mass is 10.2. The van der Waals surface area contributed by atoms with Crippen LogP contribution in [0.5, 0.6) is 11.5 Å². The molecular formula is C20H20N4O5S. The highest BCUT2D eigenvalue weighted by Crippen LogP contribution is 2.35. The van der Waals surface area contributed by atoms with Gasteiger partial charge in [-0.05, 0) is 37.4 Å². The molecule has 30 heavy (non-hydrogen) atoms. The minimum atomic E-state index is -0.469. The third-order valence-corrected chi connectivity index (χ3v) is 5.70. The van der Waals surface area contributed by atoms with E-state index in [2.05, 4.69) is 5.10 Å². The molecule has 1 amide bonds. The number of nitrogens with zero attached hydrogens (tertiary/aromatic N) is 4. The van der Waals surface area contributed by atoms with E-state index in [1.807, 2.05) is 23.6 Å². The topological polar surface area (TPSA) is 99.7 Å². The normalized spacial score (nSPS) is 12.6. The molecule has 0 radical (unpaired) electrons. The first-order valence-corrected chi connectivity index (χ1v) is 10.2. The zero-order chi connectivity index (χ0) is 21.3. The van der Waals surface area contributed by atoms with Crippen LogP contribution in [0.25, 0.3) is 0 Å². The number of thiophene rings is 1. The molecule has 0 spiro atoms. The summed E-state index contributed by atoms with van der Waals surface area (Å²) >= 11 is 1.55. The lowest BCUT2D eigenvalue weighted by Crippen LogP contribution is -2.34. The van der Waals surface area contributed by atoms with Crippen LogP contribution in [0.2, 0.25) is 0 Å². The van der Waals surface area contributed by atoms with Crippen molar-refractivity contribution in [2.45, 2.75) is 26.9 Å². The molecule has 9 nitrogen and oxygen atoms in total. The fourth-order valence-electron chi connectivity index (χ4n) is 3.40. The van der Waals surface area contributed by atoms with Gasteiger partial charge in [-0.25, -0.2) is 0 Å². The number of anilines is 1. The Labute approximate surface area is 176 Å². The molecule has 0 N–H and O–H groups in total. The largest absolute Gasteiger partial charge is 0.486 e. The second kappa shape index (κ2) is 8.15. The SMILES string of the molecule is Cc1nn(CC(=O)N(Cc2cccs2)c2ccc3c(c2)OCCO3)c(C)c1[N+](=O)[O-]. The number of amides is 1. The Morgan fingerprint density at radius 2 is 2.03 bits per heavy atom. The number of carbonyl (C=O) groups is 1. The Morgan fingerprint density at radius 1 is 1.27 bits per heavy atom. The summed E-state index contributed by atoms with van der Waals surface area (Å²) in [4.78, 5) is 26.7. The Balaban J connectivity index is 1.65. The highest BCUT2D eigenvalue weighted by atomic mass is 32.1. The van der Waals surface area contributed by atoms with Crippen molar-refractivity contribution in [3.63, 3.8) is 0 Å². The number of benzene rings is 1. The quantitative estimate of drug-likeness (QED) is 0.440. The minimum Gasteiger partial charge on any atom is -0.486 e. The molecule has 4 rings (SSSR count). The average Bonchev–Trinajstić information content (AvgIpc) is 3.33. The smallest absolute Gasteiger partial charge is 0.312 e. The van der Waals surface area contributed by atoms with E-state index in [0.29, 0.717) is 42.6 Å². The average molecular weight is 428 g/mol. The van der Waals surface area contributed by atoms with Crippen LogP contribution < -0.4 is 14.4 Å². The number of carbonyl (C=O) groups excluding carboxylic acids is 1. The molecule has 0 unspecified atom stereocenters. The van der Waals surface area contributed by atoms with Gasteiger partial charge < -0.3 is 14.4 Å². The van der Waals surface area contributed by atoms with Crippen molar-refractivity contribution in [3.8, 4) is 11.5 Å². The highest BCUT2D eigenvalue weighted by molar-refractivity contribution is 7.09. The molecule has 156 valence electrons. The fourth-order valence-corrected chi connectivity index (χ4v) is 4.09.